The van der Waals surface area contributed by atoms with Crippen molar-refractivity contribution in [3.63, 3.8) is 0 Å². The second kappa shape index (κ2) is 5.27. The van der Waals surface area contributed by atoms with Gasteiger partial charge in [0, 0.05) is 17.6 Å². The van der Waals surface area contributed by atoms with Crippen LogP contribution in [0.2, 0.25) is 0 Å². The number of alkyl halides is 3. The zero-order valence-corrected chi connectivity index (χ0v) is 11.1. The van der Waals surface area contributed by atoms with E-state index in [0.717, 1.165) is 10.5 Å². The van der Waals surface area contributed by atoms with E-state index in [4.69, 9.17) is 5.73 Å². The third kappa shape index (κ3) is 4.20. The van der Waals surface area contributed by atoms with Crippen molar-refractivity contribution in [3.8, 4) is 0 Å². The van der Waals surface area contributed by atoms with Crippen molar-refractivity contribution in [2.45, 2.75) is 19.1 Å². The van der Waals surface area contributed by atoms with Gasteiger partial charge in [-0.3, -0.25) is 0 Å². The Hall–Kier alpha value is -0.750. The quantitative estimate of drug-likeness (QED) is 0.926. The Balaban J connectivity index is 2.92. The van der Waals surface area contributed by atoms with Gasteiger partial charge in [-0.1, -0.05) is 6.07 Å². The van der Waals surface area contributed by atoms with E-state index in [1.807, 2.05) is 6.92 Å². The van der Waals surface area contributed by atoms with Crippen LogP contribution in [0.3, 0.4) is 0 Å². The Morgan fingerprint density at radius 1 is 1.41 bits per heavy atom. The molecule has 1 aromatic rings. The molecule has 0 saturated heterocycles. The van der Waals surface area contributed by atoms with Crippen LogP contribution in [0.1, 0.15) is 18.5 Å². The number of hydrogen-bond acceptors (Lipinski definition) is 2. The average molecular weight is 311 g/mol. The predicted molar refractivity (Wildman–Crippen MR) is 66.1 cm³/mol. The highest BCUT2D eigenvalue weighted by Gasteiger charge is 2.29. The van der Waals surface area contributed by atoms with Crippen molar-refractivity contribution in [1.82, 2.24) is 0 Å². The number of rotatable bonds is 3. The number of hydrogen-bond donors (Lipinski definition) is 1. The van der Waals surface area contributed by atoms with Gasteiger partial charge in [0.15, 0.2) is 0 Å². The fraction of sp³-hybridized carbons (Fsp3) is 0.455. The minimum atomic E-state index is -4.21. The summed E-state index contributed by atoms with van der Waals surface area (Å²) in [6.07, 6.45) is -4.21. The number of benzene rings is 1. The highest BCUT2D eigenvalue weighted by Crippen LogP contribution is 2.30. The molecule has 0 aliphatic carbocycles. The van der Waals surface area contributed by atoms with Gasteiger partial charge in [0.05, 0.1) is 5.69 Å². The van der Waals surface area contributed by atoms with Crippen molar-refractivity contribution >= 4 is 21.6 Å². The summed E-state index contributed by atoms with van der Waals surface area (Å²) in [5, 5.41) is 0. The SMILES string of the molecule is CC(N)c1ccc(N(C)CC(F)(F)F)c(Br)c1. The van der Waals surface area contributed by atoms with Gasteiger partial charge in [-0.25, -0.2) is 0 Å². The number of halogens is 4. The van der Waals surface area contributed by atoms with E-state index in [0.29, 0.717) is 10.2 Å². The largest absolute Gasteiger partial charge is 0.405 e. The van der Waals surface area contributed by atoms with Crippen molar-refractivity contribution in [2.75, 3.05) is 18.5 Å². The third-order valence-corrected chi connectivity index (χ3v) is 2.96. The zero-order valence-electron chi connectivity index (χ0n) is 9.55. The maximum Gasteiger partial charge on any atom is 0.405 e. The van der Waals surface area contributed by atoms with Gasteiger partial charge in [-0.2, -0.15) is 13.2 Å². The molecule has 0 aliphatic rings. The maximum absolute atomic E-state index is 12.3. The fourth-order valence-electron chi connectivity index (χ4n) is 1.47. The van der Waals surface area contributed by atoms with Crippen molar-refractivity contribution in [2.24, 2.45) is 5.73 Å². The Labute approximate surface area is 107 Å². The number of nitrogens with zero attached hydrogens (tertiary/aromatic N) is 1. The molecule has 2 N–H and O–H groups in total. The molecule has 0 spiro atoms. The molecule has 17 heavy (non-hydrogen) atoms. The van der Waals surface area contributed by atoms with Crippen molar-refractivity contribution < 1.29 is 13.2 Å². The minimum absolute atomic E-state index is 0.145. The van der Waals surface area contributed by atoms with Crippen LogP contribution in [0.25, 0.3) is 0 Å². The van der Waals surface area contributed by atoms with Gasteiger partial charge >= 0.3 is 6.18 Å². The highest BCUT2D eigenvalue weighted by molar-refractivity contribution is 9.10. The van der Waals surface area contributed by atoms with E-state index in [9.17, 15) is 13.2 Å². The summed E-state index contributed by atoms with van der Waals surface area (Å²) < 4.78 is 37.4. The Kier molecular flexibility index (Phi) is 4.43. The Bertz CT molecular complexity index is 391. The monoisotopic (exact) mass is 310 g/mol. The van der Waals surface area contributed by atoms with Crippen LogP contribution in [-0.4, -0.2) is 19.8 Å². The van der Waals surface area contributed by atoms with Gasteiger partial charge in [-0.15, -0.1) is 0 Å². The molecule has 2 nitrogen and oxygen atoms in total. The molecule has 0 aliphatic heterocycles. The second-order valence-corrected chi connectivity index (χ2v) is 4.83. The first kappa shape index (κ1) is 14.3. The van der Waals surface area contributed by atoms with Gasteiger partial charge < -0.3 is 10.6 Å². The van der Waals surface area contributed by atoms with E-state index < -0.39 is 12.7 Å². The minimum Gasteiger partial charge on any atom is -0.365 e. The molecule has 0 bridgehead atoms. The van der Waals surface area contributed by atoms with Gasteiger partial charge in [-0.05, 0) is 40.5 Å². The number of nitrogens with two attached hydrogens (primary N) is 1. The Morgan fingerprint density at radius 2 is 2.00 bits per heavy atom. The smallest absolute Gasteiger partial charge is 0.365 e. The molecule has 0 radical (unpaired) electrons. The molecular weight excluding hydrogens is 297 g/mol. The summed E-state index contributed by atoms with van der Waals surface area (Å²) in [4.78, 5) is 1.15. The lowest BCUT2D eigenvalue weighted by atomic mass is 10.1. The summed E-state index contributed by atoms with van der Waals surface area (Å²) in [7, 11) is 1.40. The molecule has 6 heteroatoms. The first-order chi connectivity index (χ1) is 7.70. The standard InChI is InChI=1S/C11H14BrF3N2/c1-7(16)8-3-4-10(9(12)5-8)17(2)6-11(13,14)15/h3-5,7H,6,16H2,1-2H3. The van der Waals surface area contributed by atoms with Crippen LogP contribution >= 0.6 is 15.9 Å². The number of anilines is 1. The van der Waals surface area contributed by atoms with Gasteiger partial charge in [0.2, 0.25) is 0 Å². The van der Waals surface area contributed by atoms with Crippen molar-refractivity contribution in [1.29, 1.82) is 0 Å². The summed E-state index contributed by atoms with van der Waals surface area (Å²) in [5.74, 6) is 0. The molecule has 1 rings (SSSR count). The first-order valence-corrected chi connectivity index (χ1v) is 5.83. The molecule has 0 heterocycles. The second-order valence-electron chi connectivity index (χ2n) is 3.97. The van der Waals surface area contributed by atoms with E-state index in [1.54, 1.807) is 18.2 Å². The van der Waals surface area contributed by atoms with Crippen LogP contribution in [0, 0.1) is 0 Å². The zero-order chi connectivity index (χ0) is 13.2. The lowest BCUT2D eigenvalue weighted by molar-refractivity contribution is -0.119. The van der Waals surface area contributed by atoms with E-state index in [-0.39, 0.29) is 6.04 Å². The van der Waals surface area contributed by atoms with Gasteiger partial charge in [0.1, 0.15) is 6.54 Å². The van der Waals surface area contributed by atoms with Crippen LogP contribution in [0.4, 0.5) is 18.9 Å². The average Bonchev–Trinajstić information content (AvgIpc) is 2.14. The van der Waals surface area contributed by atoms with Crippen molar-refractivity contribution in [3.05, 3.63) is 28.2 Å². The molecule has 0 saturated carbocycles. The van der Waals surface area contributed by atoms with E-state index >= 15 is 0 Å². The molecule has 96 valence electrons. The Morgan fingerprint density at radius 3 is 2.41 bits per heavy atom. The van der Waals surface area contributed by atoms with Gasteiger partial charge in [0.25, 0.3) is 0 Å². The van der Waals surface area contributed by atoms with E-state index in [1.165, 1.54) is 7.05 Å². The molecule has 0 amide bonds. The highest BCUT2D eigenvalue weighted by atomic mass is 79.9. The third-order valence-electron chi connectivity index (χ3n) is 2.33. The fourth-order valence-corrected chi connectivity index (χ4v) is 2.17. The van der Waals surface area contributed by atoms with Crippen LogP contribution in [-0.2, 0) is 0 Å². The molecular formula is C11H14BrF3N2. The summed E-state index contributed by atoms with van der Waals surface area (Å²) in [6.45, 7) is 0.837. The molecule has 1 aromatic carbocycles. The van der Waals surface area contributed by atoms with Crippen LogP contribution in [0.15, 0.2) is 22.7 Å². The van der Waals surface area contributed by atoms with E-state index in [2.05, 4.69) is 15.9 Å². The summed E-state index contributed by atoms with van der Waals surface area (Å²) in [6, 6.07) is 4.97. The van der Waals surface area contributed by atoms with Crippen LogP contribution in [0.5, 0.6) is 0 Å². The molecule has 0 aromatic heterocycles. The van der Waals surface area contributed by atoms with Crippen LogP contribution < -0.4 is 10.6 Å². The lowest BCUT2D eigenvalue weighted by Crippen LogP contribution is -2.31. The lowest BCUT2D eigenvalue weighted by Gasteiger charge is -2.22. The summed E-state index contributed by atoms with van der Waals surface area (Å²) in [5.41, 5.74) is 7.06. The first-order valence-electron chi connectivity index (χ1n) is 5.03. The molecule has 1 unspecified atom stereocenters. The topological polar surface area (TPSA) is 29.3 Å². The predicted octanol–water partition coefficient (Wildman–Crippen LogP) is 3.47. The normalized spacial score (nSPS) is 13.6. The molecule has 1 atom stereocenters. The maximum atomic E-state index is 12.3. The molecule has 0 fully saturated rings. The summed E-state index contributed by atoms with van der Waals surface area (Å²) >= 11 is 3.26.